The molecule has 1 unspecified atom stereocenters. The minimum atomic E-state index is 0.287. The van der Waals surface area contributed by atoms with Gasteiger partial charge < -0.3 is 5.32 Å². The molecule has 1 aromatic heterocycles. The molecule has 1 atom stereocenters. The van der Waals surface area contributed by atoms with Gasteiger partial charge in [0.25, 0.3) is 0 Å². The van der Waals surface area contributed by atoms with Crippen LogP contribution in [0.15, 0.2) is 10.5 Å². The van der Waals surface area contributed by atoms with Gasteiger partial charge in [0.15, 0.2) is 0 Å². The molecule has 0 saturated heterocycles. The van der Waals surface area contributed by atoms with Crippen molar-refractivity contribution < 1.29 is 0 Å². The molecule has 98 valence electrons. The number of rotatable bonds is 6. The van der Waals surface area contributed by atoms with Crippen LogP contribution in [-0.4, -0.2) is 6.54 Å². The number of nitrogens with one attached hydrogen (secondary N) is 1. The summed E-state index contributed by atoms with van der Waals surface area (Å²) >= 11 is 5.61. The Morgan fingerprint density at radius 3 is 2.47 bits per heavy atom. The fraction of sp³-hybridized carbons (Fsp3) is 0.714. The van der Waals surface area contributed by atoms with Gasteiger partial charge in [0, 0.05) is 20.3 Å². The quantitative estimate of drug-likeness (QED) is 0.751. The summed E-state index contributed by atoms with van der Waals surface area (Å²) in [5, 5.41) is 3.71. The van der Waals surface area contributed by atoms with Crippen molar-refractivity contribution in [1.29, 1.82) is 0 Å². The van der Waals surface area contributed by atoms with Crippen LogP contribution in [0.2, 0.25) is 0 Å². The molecule has 1 heterocycles. The Bertz CT molecular complexity index is 357. The molecule has 0 spiro atoms. The van der Waals surface area contributed by atoms with Gasteiger partial charge in [-0.05, 0) is 53.7 Å². The fourth-order valence-electron chi connectivity index (χ4n) is 1.91. The fourth-order valence-corrected chi connectivity index (χ4v) is 4.08. The summed E-state index contributed by atoms with van der Waals surface area (Å²) in [6.45, 7) is 12.4. The molecule has 0 bridgehead atoms. The van der Waals surface area contributed by atoms with E-state index in [0.29, 0.717) is 6.04 Å². The third-order valence-corrected chi connectivity index (χ3v) is 5.42. The normalized spacial score (nSPS) is 14.0. The van der Waals surface area contributed by atoms with Gasteiger partial charge in [-0.2, -0.15) is 0 Å². The lowest BCUT2D eigenvalue weighted by Crippen LogP contribution is -2.34. The van der Waals surface area contributed by atoms with Crippen molar-refractivity contribution in [2.24, 2.45) is 5.41 Å². The van der Waals surface area contributed by atoms with Crippen LogP contribution in [0.5, 0.6) is 0 Å². The Morgan fingerprint density at radius 2 is 2.06 bits per heavy atom. The van der Waals surface area contributed by atoms with Gasteiger partial charge in [-0.3, -0.25) is 0 Å². The summed E-state index contributed by atoms with van der Waals surface area (Å²) in [7, 11) is 0. The molecular weight excluding hydrogens is 294 g/mol. The van der Waals surface area contributed by atoms with E-state index < -0.39 is 0 Å². The van der Waals surface area contributed by atoms with Gasteiger partial charge in [-0.15, -0.1) is 11.3 Å². The summed E-state index contributed by atoms with van der Waals surface area (Å²) < 4.78 is 1.26. The second kappa shape index (κ2) is 6.35. The van der Waals surface area contributed by atoms with E-state index in [1.54, 1.807) is 0 Å². The van der Waals surface area contributed by atoms with Crippen LogP contribution in [0, 0.1) is 12.3 Å². The topological polar surface area (TPSA) is 12.0 Å². The first-order chi connectivity index (χ1) is 7.92. The average molecular weight is 318 g/mol. The van der Waals surface area contributed by atoms with Crippen molar-refractivity contribution in [3.63, 3.8) is 0 Å². The zero-order chi connectivity index (χ0) is 13.1. The Hall–Kier alpha value is 0.140. The number of hydrogen-bond acceptors (Lipinski definition) is 2. The number of hydrogen-bond donors (Lipinski definition) is 1. The predicted molar refractivity (Wildman–Crippen MR) is 81.9 cm³/mol. The largest absolute Gasteiger partial charge is 0.309 e. The molecule has 17 heavy (non-hydrogen) atoms. The molecule has 1 nitrogen and oxygen atoms in total. The van der Waals surface area contributed by atoms with Crippen molar-refractivity contribution in [2.75, 3.05) is 6.54 Å². The third kappa shape index (κ3) is 3.80. The van der Waals surface area contributed by atoms with Gasteiger partial charge in [0.1, 0.15) is 0 Å². The lowest BCUT2D eigenvalue weighted by molar-refractivity contribution is 0.237. The maximum Gasteiger partial charge on any atom is 0.0478 e. The minimum absolute atomic E-state index is 0.287. The molecular formula is C14H24BrNS. The Morgan fingerprint density at radius 1 is 1.41 bits per heavy atom. The molecule has 0 radical (unpaired) electrons. The van der Waals surface area contributed by atoms with Crippen molar-refractivity contribution in [3.8, 4) is 0 Å². The summed E-state index contributed by atoms with van der Waals surface area (Å²) in [5.41, 5.74) is 0.287. The second-order valence-corrected chi connectivity index (χ2v) is 7.44. The summed E-state index contributed by atoms with van der Waals surface area (Å²) in [6, 6.07) is 2.67. The maximum absolute atomic E-state index is 3.71. The molecule has 0 aliphatic heterocycles. The third-order valence-electron chi connectivity index (χ3n) is 3.39. The Balaban J connectivity index is 3.01. The zero-order valence-electron chi connectivity index (χ0n) is 11.6. The molecule has 1 rings (SSSR count). The highest BCUT2D eigenvalue weighted by Crippen LogP contribution is 2.42. The number of halogens is 1. The average Bonchev–Trinajstić information content (AvgIpc) is 2.58. The molecule has 3 heteroatoms. The van der Waals surface area contributed by atoms with Crippen molar-refractivity contribution in [3.05, 3.63) is 20.3 Å². The molecule has 0 amide bonds. The van der Waals surface area contributed by atoms with Crippen molar-refractivity contribution >= 4 is 27.3 Å². The van der Waals surface area contributed by atoms with Crippen LogP contribution in [0.4, 0.5) is 0 Å². The monoisotopic (exact) mass is 317 g/mol. The molecule has 0 aliphatic rings. The first-order valence-corrected chi connectivity index (χ1v) is 8.02. The Labute approximate surface area is 118 Å². The van der Waals surface area contributed by atoms with Gasteiger partial charge in [0.2, 0.25) is 0 Å². The van der Waals surface area contributed by atoms with E-state index in [4.69, 9.17) is 0 Å². The summed E-state index contributed by atoms with van der Waals surface area (Å²) in [4.78, 5) is 2.82. The van der Waals surface area contributed by atoms with E-state index in [1.165, 1.54) is 27.1 Å². The van der Waals surface area contributed by atoms with Gasteiger partial charge in [0.05, 0.1) is 0 Å². The second-order valence-electron chi connectivity index (χ2n) is 5.30. The van der Waals surface area contributed by atoms with Gasteiger partial charge >= 0.3 is 0 Å². The van der Waals surface area contributed by atoms with Crippen molar-refractivity contribution in [1.82, 2.24) is 5.32 Å². The van der Waals surface area contributed by atoms with Crippen LogP contribution < -0.4 is 5.32 Å². The van der Waals surface area contributed by atoms with Crippen molar-refractivity contribution in [2.45, 2.75) is 53.5 Å². The predicted octanol–water partition coefficient (Wildman–Crippen LogP) is 5.30. The standard InChI is InChI=1S/C14H24BrNS/c1-6-8-16-13(14(4,5)7-2)12-11(15)9-10(3)17-12/h9,13,16H,6-8H2,1-5H3. The molecule has 0 saturated carbocycles. The number of thiophene rings is 1. The molecule has 0 fully saturated rings. The lowest BCUT2D eigenvalue weighted by Gasteiger charge is -2.34. The molecule has 1 aromatic rings. The summed E-state index contributed by atoms with van der Waals surface area (Å²) in [6.07, 6.45) is 2.36. The van der Waals surface area contributed by atoms with Gasteiger partial charge in [-0.25, -0.2) is 0 Å². The molecule has 1 N–H and O–H groups in total. The van der Waals surface area contributed by atoms with E-state index in [1.807, 2.05) is 11.3 Å². The van der Waals surface area contributed by atoms with Crippen LogP contribution in [0.1, 0.15) is 56.3 Å². The SMILES string of the molecule is CCCNC(c1sc(C)cc1Br)C(C)(C)CC. The van der Waals surface area contributed by atoms with Crippen LogP contribution in [0.3, 0.4) is 0 Å². The molecule has 0 aromatic carbocycles. The highest BCUT2D eigenvalue weighted by Gasteiger charge is 2.31. The van der Waals surface area contributed by atoms with E-state index in [9.17, 15) is 0 Å². The van der Waals surface area contributed by atoms with E-state index in [0.717, 1.165) is 6.54 Å². The highest BCUT2D eigenvalue weighted by molar-refractivity contribution is 9.10. The molecule has 0 aliphatic carbocycles. The first-order valence-electron chi connectivity index (χ1n) is 6.41. The lowest BCUT2D eigenvalue weighted by atomic mass is 9.81. The minimum Gasteiger partial charge on any atom is -0.309 e. The number of aryl methyl sites for hydroxylation is 1. The smallest absolute Gasteiger partial charge is 0.0478 e. The van der Waals surface area contributed by atoms with E-state index >= 15 is 0 Å². The highest BCUT2D eigenvalue weighted by atomic mass is 79.9. The zero-order valence-corrected chi connectivity index (χ0v) is 14.0. The maximum atomic E-state index is 3.71. The van der Waals surface area contributed by atoms with Gasteiger partial charge in [-0.1, -0.05) is 27.7 Å². The summed E-state index contributed by atoms with van der Waals surface area (Å²) in [5.74, 6) is 0. The van der Waals surface area contributed by atoms with Crippen LogP contribution in [-0.2, 0) is 0 Å². The van der Waals surface area contributed by atoms with Crippen LogP contribution >= 0.6 is 27.3 Å². The van der Waals surface area contributed by atoms with Crippen LogP contribution in [0.25, 0.3) is 0 Å². The van der Waals surface area contributed by atoms with E-state index in [2.05, 4.69) is 61.9 Å². The van der Waals surface area contributed by atoms with E-state index in [-0.39, 0.29) is 5.41 Å². The first kappa shape index (κ1) is 15.2. The Kier molecular flexibility index (Phi) is 5.68.